The topological polar surface area (TPSA) is 55.9 Å². The lowest BCUT2D eigenvalue weighted by molar-refractivity contribution is 0.0719. The van der Waals surface area contributed by atoms with Gasteiger partial charge in [-0.2, -0.15) is 5.10 Å². The minimum atomic E-state index is -2.40. The number of alkyl halides is 2. The van der Waals surface area contributed by atoms with Gasteiger partial charge >= 0.3 is 0 Å². The number of fused-ring (bicyclic) bond motifs is 3. The van der Waals surface area contributed by atoms with Crippen LogP contribution in [-0.4, -0.2) is 22.8 Å². The van der Waals surface area contributed by atoms with Crippen LogP contribution in [0.25, 0.3) is 10.9 Å². The monoisotopic (exact) mass is 238 g/mol. The van der Waals surface area contributed by atoms with Crippen molar-refractivity contribution in [3.63, 3.8) is 0 Å². The van der Waals surface area contributed by atoms with Crippen LogP contribution in [-0.2, 0) is 0 Å². The maximum absolute atomic E-state index is 12.9. The van der Waals surface area contributed by atoms with E-state index in [-0.39, 0.29) is 0 Å². The van der Waals surface area contributed by atoms with E-state index in [0.717, 1.165) is 5.39 Å². The van der Waals surface area contributed by atoms with Gasteiger partial charge in [0.2, 0.25) is 0 Å². The van der Waals surface area contributed by atoms with Gasteiger partial charge in [-0.15, -0.1) is 0 Å². The molecule has 0 radical (unpaired) electrons. The molecule has 3 rings (SSSR count). The van der Waals surface area contributed by atoms with Crippen LogP contribution in [0.5, 0.6) is 0 Å². The van der Waals surface area contributed by atoms with Crippen molar-refractivity contribution in [1.29, 1.82) is 0 Å². The Morgan fingerprint density at radius 1 is 1.47 bits per heavy atom. The molecule has 0 saturated heterocycles. The summed E-state index contributed by atoms with van der Waals surface area (Å²) in [6, 6.07) is 4.38. The highest BCUT2D eigenvalue weighted by molar-refractivity contribution is 5.92. The molecule has 4 nitrogen and oxygen atoms in total. The van der Waals surface area contributed by atoms with Crippen molar-refractivity contribution >= 4 is 22.4 Å². The lowest BCUT2D eigenvalue weighted by atomic mass is 10.1. The van der Waals surface area contributed by atoms with Gasteiger partial charge < -0.3 is 11.1 Å². The Balaban J connectivity index is 2.22. The third kappa shape index (κ3) is 1.51. The molecule has 1 aromatic heterocycles. The van der Waals surface area contributed by atoms with E-state index < -0.39 is 12.5 Å². The minimum Gasteiger partial charge on any atom is -0.399 e. The fourth-order valence-electron chi connectivity index (χ4n) is 2.23. The van der Waals surface area contributed by atoms with Crippen molar-refractivity contribution in [2.45, 2.75) is 18.9 Å². The summed E-state index contributed by atoms with van der Waals surface area (Å²) in [5.74, 6) is 0.642. The van der Waals surface area contributed by atoms with Gasteiger partial charge in [-0.3, -0.25) is 0 Å². The van der Waals surface area contributed by atoms with E-state index in [2.05, 4.69) is 10.4 Å². The highest BCUT2D eigenvalue weighted by atomic mass is 19.3. The zero-order valence-corrected chi connectivity index (χ0v) is 9.03. The summed E-state index contributed by atoms with van der Waals surface area (Å²) in [5, 5.41) is 8.13. The normalized spacial score (nSPS) is 19.4. The molecule has 0 aliphatic carbocycles. The molecule has 2 heterocycles. The molecule has 17 heavy (non-hydrogen) atoms. The van der Waals surface area contributed by atoms with Crippen LogP contribution in [0.1, 0.15) is 12.5 Å². The zero-order valence-electron chi connectivity index (χ0n) is 9.03. The Labute approximate surface area is 96.4 Å². The van der Waals surface area contributed by atoms with Gasteiger partial charge in [-0.25, -0.2) is 13.5 Å². The molecule has 1 aliphatic rings. The number of nitrogens with zero attached hydrogens (tertiary/aromatic N) is 2. The first-order chi connectivity index (χ1) is 8.16. The third-order valence-corrected chi connectivity index (χ3v) is 3.06. The number of rotatable bonds is 1. The predicted octanol–water partition coefficient (Wildman–Crippen LogP) is 2.24. The molecule has 1 atom stereocenters. The number of benzene rings is 1. The van der Waals surface area contributed by atoms with Crippen molar-refractivity contribution in [1.82, 2.24) is 9.78 Å². The van der Waals surface area contributed by atoms with Crippen LogP contribution >= 0.6 is 0 Å². The van der Waals surface area contributed by atoms with Crippen LogP contribution in [0.4, 0.5) is 20.3 Å². The van der Waals surface area contributed by atoms with Crippen molar-refractivity contribution in [2.75, 3.05) is 17.6 Å². The summed E-state index contributed by atoms with van der Waals surface area (Å²) in [5.41, 5.74) is 6.99. The maximum Gasteiger partial charge on any atom is 0.260 e. The van der Waals surface area contributed by atoms with E-state index in [9.17, 15) is 8.78 Å². The van der Waals surface area contributed by atoms with Crippen molar-refractivity contribution in [3.05, 3.63) is 18.2 Å². The second-order valence-electron chi connectivity index (χ2n) is 4.19. The second-order valence-corrected chi connectivity index (χ2v) is 4.19. The van der Waals surface area contributed by atoms with Gasteiger partial charge in [0.15, 0.2) is 0 Å². The van der Waals surface area contributed by atoms with Gasteiger partial charge in [0.05, 0.1) is 5.52 Å². The van der Waals surface area contributed by atoms with Crippen LogP contribution < -0.4 is 11.1 Å². The van der Waals surface area contributed by atoms with E-state index in [1.165, 1.54) is 4.68 Å². The van der Waals surface area contributed by atoms with Gasteiger partial charge in [0, 0.05) is 17.6 Å². The Morgan fingerprint density at radius 3 is 3.06 bits per heavy atom. The molecule has 0 bridgehead atoms. The standard InChI is InChI=1S/C11H12F2N4/c12-10(13)9-3-4-15-11-7-5-6(14)1-2-8(7)16-17(9)11/h1-2,5,9-10,15H,3-4,14H2. The summed E-state index contributed by atoms with van der Waals surface area (Å²) in [4.78, 5) is 0. The minimum absolute atomic E-state index is 0.383. The quantitative estimate of drug-likeness (QED) is 0.749. The van der Waals surface area contributed by atoms with Gasteiger partial charge in [0.1, 0.15) is 11.9 Å². The van der Waals surface area contributed by atoms with Crippen LogP contribution in [0.15, 0.2) is 18.2 Å². The van der Waals surface area contributed by atoms with E-state index in [1.807, 2.05) is 0 Å². The van der Waals surface area contributed by atoms with Crippen LogP contribution in [0.2, 0.25) is 0 Å². The van der Waals surface area contributed by atoms with E-state index in [1.54, 1.807) is 18.2 Å². The number of halogens is 2. The molecule has 1 unspecified atom stereocenters. The summed E-state index contributed by atoms with van der Waals surface area (Å²) in [7, 11) is 0. The fraction of sp³-hybridized carbons (Fsp3) is 0.364. The number of hydrogen-bond donors (Lipinski definition) is 2. The molecule has 3 N–H and O–H groups in total. The van der Waals surface area contributed by atoms with E-state index >= 15 is 0 Å². The summed E-state index contributed by atoms with van der Waals surface area (Å²) in [6.45, 7) is 0.532. The van der Waals surface area contributed by atoms with E-state index in [4.69, 9.17) is 5.73 Å². The molecular weight excluding hydrogens is 226 g/mol. The molecular formula is C11H12F2N4. The van der Waals surface area contributed by atoms with E-state index in [0.29, 0.717) is 30.0 Å². The summed E-state index contributed by atoms with van der Waals surface area (Å²) >= 11 is 0. The molecule has 0 fully saturated rings. The number of aromatic nitrogens is 2. The Hall–Kier alpha value is -1.85. The number of nitrogen functional groups attached to an aromatic ring is 1. The highest BCUT2D eigenvalue weighted by Gasteiger charge is 2.29. The molecule has 0 saturated carbocycles. The molecule has 2 aromatic rings. The lowest BCUT2D eigenvalue weighted by Crippen LogP contribution is -2.28. The van der Waals surface area contributed by atoms with Crippen molar-refractivity contribution in [3.8, 4) is 0 Å². The fourth-order valence-corrected chi connectivity index (χ4v) is 2.23. The van der Waals surface area contributed by atoms with Gasteiger partial charge in [0.25, 0.3) is 6.43 Å². The molecule has 0 amide bonds. The second kappa shape index (κ2) is 3.58. The summed E-state index contributed by atoms with van der Waals surface area (Å²) < 4.78 is 27.2. The van der Waals surface area contributed by atoms with Crippen LogP contribution in [0, 0.1) is 0 Å². The number of hydrogen-bond acceptors (Lipinski definition) is 3. The zero-order chi connectivity index (χ0) is 12.0. The number of nitrogens with one attached hydrogen (secondary N) is 1. The largest absolute Gasteiger partial charge is 0.399 e. The first-order valence-electron chi connectivity index (χ1n) is 5.46. The first kappa shape index (κ1) is 10.3. The van der Waals surface area contributed by atoms with Gasteiger partial charge in [-0.1, -0.05) is 0 Å². The molecule has 6 heteroatoms. The van der Waals surface area contributed by atoms with Crippen molar-refractivity contribution in [2.24, 2.45) is 0 Å². The number of anilines is 2. The first-order valence-corrected chi connectivity index (χ1v) is 5.46. The third-order valence-electron chi connectivity index (χ3n) is 3.06. The smallest absolute Gasteiger partial charge is 0.260 e. The predicted molar refractivity (Wildman–Crippen MR) is 62.3 cm³/mol. The number of nitrogens with two attached hydrogens (primary N) is 1. The van der Waals surface area contributed by atoms with Crippen LogP contribution in [0.3, 0.4) is 0 Å². The average Bonchev–Trinajstić information content (AvgIpc) is 2.66. The lowest BCUT2D eigenvalue weighted by Gasteiger charge is -2.24. The Bertz CT molecular complexity index is 564. The molecule has 0 spiro atoms. The van der Waals surface area contributed by atoms with Crippen molar-refractivity contribution < 1.29 is 8.78 Å². The molecule has 1 aliphatic heterocycles. The highest BCUT2D eigenvalue weighted by Crippen LogP contribution is 2.34. The SMILES string of the molecule is Nc1ccc2nn3c(c2c1)NCCC3C(F)F. The average molecular weight is 238 g/mol. The molecule has 90 valence electrons. The summed E-state index contributed by atoms with van der Waals surface area (Å²) in [6.07, 6.45) is -2.02. The molecule has 1 aromatic carbocycles. The Morgan fingerprint density at radius 2 is 2.29 bits per heavy atom. The maximum atomic E-state index is 12.9. The Kier molecular flexibility index (Phi) is 2.17. The van der Waals surface area contributed by atoms with Gasteiger partial charge in [-0.05, 0) is 24.6 Å².